The van der Waals surface area contributed by atoms with Crippen LogP contribution in [0.25, 0.3) is 11.0 Å². The third kappa shape index (κ3) is 4.68. The summed E-state index contributed by atoms with van der Waals surface area (Å²) < 4.78 is 11.0. The Hall–Kier alpha value is -2.79. The molecule has 0 aliphatic heterocycles. The second kappa shape index (κ2) is 8.73. The predicted octanol–water partition coefficient (Wildman–Crippen LogP) is 4.00. The van der Waals surface area contributed by atoms with Gasteiger partial charge in [-0.3, -0.25) is 4.79 Å². The lowest BCUT2D eigenvalue weighted by Crippen LogP contribution is -2.28. The van der Waals surface area contributed by atoms with Gasteiger partial charge in [0, 0.05) is 24.0 Å². The van der Waals surface area contributed by atoms with Crippen LogP contribution in [0.2, 0.25) is 0 Å². The van der Waals surface area contributed by atoms with Gasteiger partial charge in [-0.15, -0.1) is 0 Å². The lowest BCUT2D eigenvalue weighted by atomic mass is 10.1. The number of nitrogens with one attached hydrogen (secondary N) is 1. The molecule has 0 fully saturated rings. The summed E-state index contributed by atoms with van der Waals surface area (Å²) in [6.45, 7) is 4.32. The highest BCUT2D eigenvalue weighted by Gasteiger charge is 2.17. The molecule has 3 aromatic rings. The topological polar surface area (TPSA) is 54.7 Å². The van der Waals surface area contributed by atoms with Crippen LogP contribution in [0.15, 0.2) is 52.9 Å². The fourth-order valence-electron chi connectivity index (χ4n) is 3.15. The normalized spacial score (nSPS) is 11.1. The Balaban J connectivity index is 1.51. The van der Waals surface area contributed by atoms with Crippen molar-refractivity contribution in [2.24, 2.45) is 0 Å². The summed E-state index contributed by atoms with van der Waals surface area (Å²) in [4.78, 5) is 14.7. The Morgan fingerprint density at radius 3 is 2.70 bits per heavy atom. The number of ether oxygens (including phenoxy) is 1. The summed E-state index contributed by atoms with van der Waals surface area (Å²) in [5, 5.41) is 3.86. The third-order valence-electron chi connectivity index (χ3n) is 4.65. The summed E-state index contributed by atoms with van der Waals surface area (Å²) in [6, 6.07) is 15.9. The maximum atomic E-state index is 12.5. The van der Waals surface area contributed by atoms with E-state index in [0.717, 1.165) is 36.2 Å². The van der Waals surface area contributed by atoms with Crippen molar-refractivity contribution >= 4 is 16.9 Å². The molecular formula is C22H26N2O3. The summed E-state index contributed by atoms with van der Waals surface area (Å²) >= 11 is 0. The van der Waals surface area contributed by atoms with E-state index >= 15 is 0 Å². The number of benzene rings is 2. The molecule has 0 saturated carbocycles. The van der Waals surface area contributed by atoms with Crippen LogP contribution < -0.4 is 10.1 Å². The SMILES string of the molecule is COc1ccc2oc(C(=O)NCCCN(C)Cc3ccccc3)c(C)c2c1. The Labute approximate surface area is 159 Å². The number of amides is 1. The van der Waals surface area contributed by atoms with E-state index in [-0.39, 0.29) is 5.91 Å². The largest absolute Gasteiger partial charge is 0.497 e. The molecule has 0 bridgehead atoms. The highest BCUT2D eigenvalue weighted by atomic mass is 16.5. The van der Waals surface area contributed by atoms with Gasteiger partial charge < -0.3 is 19.4 Å². The first kappa shape index (κ1) is 19.0. The average Bonchev–Trinajstić information content (AvgIpc) is 3.02. The first-order valence-corrected chi connectivity index (χ1v) is 9.16. The second-order valence-electron chi connectivity index (χ2n) is 6.75. The Morgan fingerprint density at radius 2 is 1.96 bits per heavy atom. The lowest BCUT2D eigenvalue weighted by molar-refractivity contribution is 0.0925. The van der Waals surface area contributed by atoms with E-state index in [9.17, 15) is 4.79 Å². The van der Waals surface area contributed by atoms with Crippen molar-refractivity contribution in [1.29, 1.82) is 0 Å². The molecule has 2 aromatic carbocycles. The molecule has 1 N–H and O–H groups in total. The number of methoxy groups -OCH3 is 1. The molecule has 1 aromatic heterocycles. The number of fused-ring (bicyclic) bond motifs is 1. The predicted molar refractivity (Wildman–Crippen MR) is 107 cm³/mol. The Kier molecular flexibility index (Phi) is 6.14. The van der Waals surface area contributed by atoms with Crippen molar-refractivity contribution in [1.82, 2.24) is 10.2 Å². The summed E-state index contributed by atoms with van der Waals surface area (Å²) in [6.07, 6.45) is 0.877. The van der Waals surface area contributed by atoms with Crippen LogP contribution in [-0.4, -0.2) is 38.1 Å². The molecule has 0 atom stereocenters. The Morgan fingerprint density at radius 1 is 1.19 bits per heavy atom. The van der Waals surface area contributed by atoms with E-state index < -0.39 is 0 Å². The van der Waals surface area contributed by atoms with Gasteiger partial charge in [0.2, 0.25) is 0 Å². The van der Waals surface area contributed by atoms with Crippen LogP contribution in [0.4, 0.5) is 0 Å². The van der Waals surface area contributed by atoms with Gasteiger partial charge in [-0.25, -0.2) is 0 Å². The van der Waals surface area contributed by atoms with Gasteiger partial charge in [0.05, 0.1) is 7.11 Å². The maximum Gasteiger partial charge on any atom is 0.287 e. The van der Waals surface area contributed by atoms with E-state index in [1.54, 1.807) is 7.11 Å². The minimum absolute atomic E-state index is 0.173. The smallest absolute Gasteiger partial charge is 0.287 e. The zero-order chi connectivity index (χ0) is 19.2. The summed E-state index contributed by atoms with van der Waals surface area (Å²) in [5.74, 6) is 0.948. The molecule has 0 saturated heterocycles. The number of aryl methyl sites for hydroxylation is 1. The van der Waals surface area contributed by atoms with E-state index in [2.05, 4.69) is 41.5 Å². The van der Waals surface area contributed by atoms with Crippen LogP contribution in [0.3, 0.4) is 0 Å². The molecule has 5 heteroatoms. The highest BCUT2D eigenvalue weighted by molar-refractivity contribution is 5.99. The zero-order valence-electron chi connectivity index (χ0n) is 16.1. The van der Waals surface area contributed by atoms with Gasteiger partial charge in [0.15, 0.2) is 5.76 Å². The van der Waals surface area contributed by atoms with Crippen molar-refractivity contribution < 1.29 is 13.9 Å². The zero-order valence-corrected chi connectivity index (χ0v) is 16.1. The van der Waals surface area contributed by atoms with Gasteiger partial charge in [-0.2, -0.15) is 0 Å². The standard InChI is InChI=1S/C22H26N2O3/c1-16-19-14-18(26-3)10-11-20(19)27-21(16)22(25)23-12-7-13-24(2)15-17-8-5-4-6-9-17/h4-6,8-11,14H,7,12-13,15H2,1-3H3,(H,23,25). The fourth-order valence-corrected chi connectivity index (χ4v) is 3.15. The van der Waals surface area contributed by atoms with Crippen molar-refractivity contribution in [2.45, 2.75) is 19.9 Å². The van der Waals surface area contributed by atoms with E-state index in [0.29, 0.717) is 17.9 Å². The van der Waals surface area contributed by atoms with Crippen LogP contribution in [-0.2, 0) is 6.54 Å². The monoisotopic (exact) mass is 366 g/mol. The molecule has 1 heterocycles. The molecular weight excluding hydrogens is 340 g/mol. The average molecular weight is 366 g/mol. The molecule has 0 radical (unpaired) electrons. The van der Waals surface area contributed by atoms with Crippen molar-refractivity contribution in [2.75, 3.05) is 27.2 Å². The number of carbonyl (C=O) groups is 1. The molecule has 0 aliphatic rings. The number of hydrogen-bond acceptors (Lipinski definition) is 4. The second-order valence-corrected chi connectivity index (χ2v) is 6.75. The van der Waals surface area contributed by atoms with Gasteiger partial charge in [-0.1, -0.05) is 30.3 Å². The van der Waals surface area contributed by atoms with Crippen molar-refractivity contribution in [3.8, 4) is 5.75 Å². The first-order chi connectivity index (χ1) is 13.1. The van der Waals surface area contributed by atoms with E-state index in [1.807, 2.05) is 31.2 Å². The molecule has 27 heavy (non-hydrogen) atoms. The van der Waals surface area contributed by atoms with Crippen molar-refractivity contribution in [3.63, 3.8) is 0 Å². The van der Waals surface area contributed by atoms with Gasteiger partial charge >= 0.3 is 0 Å². The third-order valence-corrected chi connectivity index (χ3v) is 4.65. The van der Waals surface area contributed by atoms with Gasteiger partial charge in [-0.05, 0) is 50.7 Å². The molecule has 0 spiro atoms. The molecule has 5 nitrogen and oxygen atoms in total. The first-order valence-electron chi connectivity index (χ1n) is 9.16. The van der Waals surface area contributed by atoms with E-state index in [1.165, 1.54) is 5.56 Å². The Bertz CT molecular complexity index is 903. The lowest BCUT2D eigenvalue weighted by Gasteiger charge is -2.16. The van der Waals surface area contributed by atoms with Gasteiger partial charge in [0.25, 0.3) is 5.91 Å². The molecule has 0 aliphatic carbocycles. The number of nitrogens with zero attached hydrogens (tertiary/aromatic N) is 1. The molecule has 0 unspecified atom stereocenters. The van der Waals surface area contributed by atoms with Crippen LogP contribution >= 0.6 is 0 Å². The van der Waals surface area contributed by atoms with Crippen LogP contribution in [0.1, 0.15) is 28.1 Å². The maximum absolute atomic E-state index is 12.5. The quantitative estimate of drug-likeness (QED) is 0.612. The molecule has 1 amide bonds. The number of carbonyl (C=O) groups excluding carboxylic acids is 1. The highest BCUT2D eigenvalue weighted by Crippen LogP contribution is 2.28. The minimum Gasteiger partial charge on any atom is -0.497 e. The fraction of sp³-hybridized carbons (Fsp3) is 0.318. The minimum atomic E-state index is -0.173. The van der Waals surface area contributed by atoms with Gasteiger partial charge in [0.1, 0.15) is 11.3 Å². The number of hydrogen-bond donors (Lipinski definition) is 1. The molecule has 142 valence electrons. The van der Waals surface area contributed by atoms with E-state index in [4.69, 9.17) is 9.15 Å². The summed E-state index contributed by atoms with van der Waals surface area (Å²) in [5.41, 5.74) is 2.82. The summed E-state index contributed by atoms with van der Waals surface area (Å²) in [7, 11) is 3.71. The van der Waals surface area contributed by atoms with Crippen molar-refractivity contribution in [3.05, 3.63) is 65.4 Å². The number of furan rings is 1. The van der Waals surface area contributed by atoms with Crippen LogP contribution in [0, 0.1) is 6.92 Å². The van der Waals surface area contributed by atoms with Crippen LogP contribution in [0.5, 0.6) is 5.75 Å². The molecule has 3 rings (SSSR count). The number of rotatable bonds is 8.